The highest BCUT2D eigenvalue weighted by Gasteiger charge is 2.28. The Hall–Kier alpha value is -1.95. The SMILES string of the molecule is CCOC(=O)CC(NC(=O)C1CCCC(N)C1)c1ccc(F)cc1. The fraction of sp³-hybridized carbons (Fsp3) is 0.556. The number of rotatable bonds is 6. The number of carbonyl (C=O) groups is 2. The van der Waals surface area contributed by atoms with Crippen LogP contribution in [0.5, 0.6) is 0 Å². The van der Waals surface area contributed by atoms with Gasteiger partial charge < -0.3 is 15.8 Å². The minimum atomic E-state index is -0.532. The molecule has 3 atom stereocenters. The largest absolute Gasteiger partial charge is 0.466 e. The number of benzene rings is 1. The summed E-state index contributed by atoms with van der Waals surface area (Å²) in [5.74, 6) is -1.01. The molecular formula is C18H25FN2O3. The minimum Gasteiger partial charge on any atom is -0.466 e. The molecule has 0 radical (unpaired) electrons. The minimum absolute atomic E-state index is 0.0178. The van der Waals surface area contributed by atoms with Gasteiger partial charge in [-0.2, -0.15) is 0 Å². The monoisotopic (exact) mass is 336 g/mol. The molecular weight excluding hydrogens is 311 g/mol. The number of carbonyl (C=O) groups excluding carboxylic acids is 2. The van der Waals surface area contributed by atoms with E-state index in [1.165, 1.54) is 12.1 Å². The quantitative estimate of drug-likeness (QED) is 0.782. The second-order valence-corrected chi connectivity index (χ2v) is 6.25. The number of nitrogens with one attached hydrogen (secondary N) is 1. The number of esters is 1. The number of halogens is 1. The van der Waals surface area contributed by atoms with Gasteiger partial charge in [-0.05, 0) is 43.9 Å². The molecule has 3 unspecified atom stereocenters. The van der Waals surface area contributed by atoms with Crippen molar-refractivity contribution in [2.45, 2.75) is 51.1 Å². The normalized spacial score (nSPS) is 21.8. The summed E-state index contributed by atoms with van der Waals surface area (Å²) in [4.78, 5) is 24.4. The molecule has 3 N–H and O–H groups in total. The van der Waals surface area contributed by atoms with E-state index in [0.717, 1.165) is 19.3 Å². The zero-order valence-corrected chi connectivity index (χ0v) is 14.0. The summed E-state index contributed by atoms with van der Waals surface area (Å²) in [6.45, 7) is 2.01. The lowest BCUT2D eigenvalue weighted by atomic mass is 9.85. The van der Waals surface area contributed by atoms with Crippen LogP contribution in [0.4, 0.5) is 4.39 Å². The molecule has 1 amide bonds. The van der Waals surface area contributed by atoms with E-state index >= 15 is 0 Å². The van der Waals surface area contributed by atoms with Gasteiger partial charge in [0.15, 0.2) is 0 Å². The van der Waals surface area contributed by atoms with Gasteiger partial charge in [-0.25, -0.2) is 4.39 Å². The van der Waals surface area contributed by atoms with E-state index in [0.29, 0.717) is 12.0 Å². The third-order valence-electron chi connectivity index (χ3n) is 4.35. The van der Waals surface area contributed by atoms with Crippen LogP contribution in [0.2, 0.25) is 0 Å². The van der Waals surface area contributed by atoms with Crippen LogP contribution in [0.25, 0.3) is 0 Å². The standard InChI is InChI=1S/C18H25FN2O3/c1-2-24-17(22)11-16(12-6-8-14(19)9-7-12)21-18(23)13-4-3-5-15(20)10-13/h6-9,13,15-16H,2-5,10-11,20H2,1H3,(H,21,23). The van der Waals surface area contributed by atoms with E-state index in [2.05, 4.69) is 5.32 Å². The highest BCUT2D eigenvalue weighted by atomic mass is 19.1. The Balaban J connectivity index is 2.08. The van der Waals surface area contributed by atoms with Crippen molar-refractivity contribution < 1.29 is 18.7 Å². The summed E-state index contributed by atoms with van der Waals surface area (Å²) in [5.41, 5.74) is 6.62. The number of amides is 1. The second kappa shape index (κ2) is 8.78. The average Bonchev–Trinajstić information content (AvgIpc) is 2.55. The third kappa shape index (κ3) is 5.30. The first-order chi connectivity index (χ1) is 11.5. The van der Waals surface area contributed by atoms with E-state index in [-0.39, 0.29) is 36.7 Å². The first kappa shape index (κ1) is 18.4. The molecule has 132 valence electrons. The number of ether oxygens (including phenoxy) is 1. The summed E-state index contributed by atoms with van der Waals surface area (Å²) in [6, 6.07) is 5.30. The fourth-order valence-corrected chi connectivity index (χ4v) is 3.09. The van der Waals surface area contributed by atoms with Crippen molar-refractivity contribution in [2.75, 3.05) is 6.61 Å². The molecule has 0 spiro atoms. The lowest BCUT2D eigenvalue weighted by Crippen LogP contribution is -2.40. The van der Waals surface area contributed by atoms with Crippen molar-refractivity contribution in [3.63, 3.8) is 0 Å². The molecule has 0 saturated heterocycles. The summed E-state index contributed by atoms with van der Waals surface area (Å²) in [7, 11) is 0. The lowest BCUT2D eigenvalue weighted by Gasteiger charge is -2.28. The number of hydrogen-bond donors (Lipinski definition) is 2. The maximum Gasteiger partial charge on any atom is 0.308 e. The van der Waals surface area contributed by atoms with E-state index in [1.807, 2.05) is 0 Å². The Morgan fingerprint density at radius 2 is 2.04 bits per heavy atom. The molecule has 0 aliphatic heterocycles. The molecule has 1 aliphatic carbocycles. The molecule has 1 saturated carbocycles. The van der Waals surface area contributed by atoms with Gasteiger partial charge in [-0.1, -0.05) is 18.6 Å². The molecule has 1 aromatic carbocycles. The Morgan fingerprint density at radius 1 is 1.33 bits per heavy atom. The predicted molar refractivity (Wildman–Crippen MR) is 88.5 cm³/mol. The fourth-order valence-electron chi connectivity index (χ4n) is 3.09. The van der Waals surface area contributed by atoms with Crippen molar-refractivity contribution in [3.8, 4) is 0 Å². The van der Waals surface area contributed by atoms with Gasteiger partial charge >= 0.3 is 5.97 Å². The molecule has 24 heavy (non-hydrogen) atoms. The molecule has 0 heterocycles. The Bertz CT molecular complexity index is 562. The Morgan fingerprint density at radius 3 is 2.67 bits per heavy atom. The first-order valence-corrected chi connectivity index (χ1v) is 8.46. The first-order valence-electron chi connectivity index (χ1n) is 8.46. The van der Waals surface area contributed by atoms with Gasteiger partial charge in [0.25, 0.3) is 0 Å². The van der Waals surface area contributed by atoms with Gasteiger partial charge in [0, 0.05) is 12.0 Å². The van der Waals surface area contributed by atoms with Gasteiger partial charge in [0.2, 0.25) is 5.91 Å². The van der Waals surface area contributed by atoms with Crippen LogP contribution < -0.4 is 11.1 Å². The van der Waals surface area contributed by atoms with E-state index < -0.39 is 12.0 Å². The zero-order valence-electron chi connectivity index (χ0n) is 14.0. The Kier molecular flexibility index (Phi) is 6.73. The van der Waals surface area contributed by atoms with Crippen LogP contribution in [-0.4, -0.2) is 24.5 Å². The van der Waals surface area contributed by atoms with Gasteiger partial charge in [-0.3, -0.25) is 9.59 Å². The molecule has 2 rings (SSSR count). The van der Waals surface area contributed by atoms with Crippen molar-refractivity contribution in [3.05, 3.63) is 35.6 Å². The molecule has 0 bridgehead atoms. The average molecular weight is 336 g/mol. The highest BCUT2D eigenvalue weighted by Crippen LogP contribution is 2.25. The maximum absolute atomic E-state index is 13.1. The summed E-state index contributed by atoms with van der Waals surface area (Å²) < 4.78 is 18.1. The van der Waals surface area contributed by atoms with E-state index in [1.54, 1.807) is 19.1 Å². The van der Waals surface area contributed by atoms with Crippen molar-refractivity contribution in [1.29, 1.82) is 0 Å². The Labute approximate surface area is 141 Å². The smallest absolute Gasteiger partial charge is 0.308 e. The molecule has 5 nitrogen and oxygen atoms in total. The molecule has 6 heteroatoms. The highest BCUT2D eigenvalue weighted by molar-refractivity contribution is 5.80. The number of nitrogens with two attached hydrogens (primary N) is 1. The van der Waals surface area contributed by atoms with Crippen LogP contribution in [-0.2, 0) is 14.3 Å². The van der Waals surface area contributed by atoms with Crippen molar-refractivity contribution in [1.82, 2.24) is 5.32 Å². The summed E-state index contributed by atoms with van der Waals surface area (Å²) in [6.07, 6.45) is 3.34. The van der Waals surface area contributed by atoms with Crippen molar-refractivity contribution >= 4 is 11.9 Å². The van der Waals surface area contributed by atoms with Crippen LogP contribution in [0.1, 0.15) is 50.6 Å². The summed E-state index contributed by atoms with van der Waals surface area (Å²) >= 11 is 0. The second-order valence-electron chi connectivity index (χ2n) is 6.25. The zero-order chi connectivity index (χ0) is 17.5. The number of hydrogen-bond acceptors (Lipinski definition) is 4. The molecule has 1 aromatic rings. The third-order valence-corrected chi connectivity index (χ3v) is 4.35. The lowest BCUT2D eigenvalue weighted by molar-refractivity contribution is -0.144. The predicted octanol–water partition coefficient (Wildman–Crippen LogP) is 2.45. The topological polar surface area (TPSA) is 81.4 Å². The van der Waals surface area contributed by atoms with Crippen LogP contribution >= 0.6 is 0 Å². The van der Waals surface area contributed by atoms with Gasteiger partial charge in [0.05, 0.1) is 19.1 Å². The molecule has 1 aliphatic rings. The van der Waals surface area contributed by atoms with E-state index in [9.17, 15) is 14.0 Å². The van der Waals surface area contributed by atoms with Crippen LogP contribution in [0, 0.1) is 11.7 Å². The molecule has 0 aromatic heterocycles. The van der Waals surface area contributed by atoms with Crippen molar-refractivity contribution in [2.24, 2.45) is 11.7 Å². The van der Waals surface area contributed by atoms with Gasteiger partial charge in [-0.15, -0.1) is 0 Å². The maximum atomic E-state index is 13.1. The van der Waals surface area contributed by atoms with Crippen LogP contribution in [0.15, 0.2) is 24.3 Å². The molecule has 1 fully saturated rings. The summed E-state index contributed by atoms with van der Waals surface area (Å²) in [5, 5.41) is 2.91. The van der Waals surface area contributed by atoms with Gasteiger partial charge in [0.1, 0.15) is 5.82 Å². The van der Waals surface area contributed by atoms with E-state index in [4.69, 9.17) is 10.5 Å². The van der Waals surface area contributed by atoms with Crippen LogP contribution in [0.3, 0.4) is 0 Å².